The number of quaternary nitrogens is 1. The Kier molecular flexibility index (Phi) is 4.96. The molecule has 1 aromatic carbocycles. The highest BCUT2D eigenvalue weighted by Gasteiger charge is 2.19. The predicted molar refractivity (Wildman–Crippen MR) is 67.8 cm³/mol. The summed E-state index contributed by atoms with van der Waals surface area (Å²) in [6.45, 7) is 3.95. The monoisotopic (exact) mass is 285 g/mol. The molecular weight excluding hydrogens is 268 g/mol. The highest BCUT2D eigenvalue weighted by atomic mass is 79.9. The number of hydrogen-bond donors (Lipinski definition) is 2. The summed E-state index contributed by atoms with van der Waals surface area (Å²) in [4.78, 5) is 11.0. The molecule has 0 bridgehead atoms. The van der Waals surface area contributed by atoms with Crippen LogP contribution in [-0.4, -0.2) is 11.9 Å². The minimum absolute atomic E-state index is 0.186. The smallest absolute Gasteiger partial charge is 0.275 e. The van der Waals surface area contributed by atoms with Crippen LogP contribution in [0.1, 0.15) is 31.9 Å². The van der Waals surface area contributed by atoms with Crippen molar-refractivity contribution >= 4 is 21.8 Å². The van der Waals surface area contributed by atoms with E-state index in [4.69, 9.17) is 5.73 Å². The van der Waals surface area contributed by atoms with E-state index in [0.717, 1.165) is 10.9 Å². The van der Waals surface area contributed by atoms with Crippen molar-refractivity contribution in [1.29, 1.82) is 0 Å². The standard InChI is InChI=1S/C12H17BrN2O/c1-3-11(15-8(2)12(14)16)9-4-6-10(13)7-5-9/h4-8,11,15H,3H2,1-2H3,(H2,14,16)/p+1/t8-,11-/m1/s1. The summed E-state index contributed by atoms with van der Waals surface area (Å²) in [5.74, 6) is -0.268. The van der Waals surface area contributed by atoms with Crippen LogP contribution in [0.15, 0.2) is 28.7 Å². The van der Waals surface area contributed by atoms with Crippen LogP contribution in [0.25, 0.3) is 0 Å². The number of benzene rings is 1. The van der Waals surface area contributed by atoms with E-state index in [1.165, 1.54) is 5.56 Å². The molecule has 0 unspecified atom stereocenters. The van der Waals surface area contributed by atoms with Crippen LogP contribution in [0.2, 0.25) is 0 Å². The van der Waals surface area contributed by atoms with Crippen molar-refractivity contribution in [2.24, 2.45) is 5.73 Å². The molecule has 0 aliphatic rings. The molecule has 0 aliphatic heterocycles. The van der Waals surface area contributed by atoms with Gasteiger partial charge in [-0.05, 0) is 19.1 Å². The molecule has 0 fully saturated rings. The number of carbonyl (C=O) groups is 1. The van der Waals surface area contributed by atoms with Gasteiger partial charge >= 0.3 is 0 Å². The zero-order chi connectivity index (χ0) is 12.1. The van der Waals surface area contributed by atoms with Crippen LogP contribution in [0.3, 0.4) is 0 Å². The minimum atomic E-state index is -0.268. The van der Waals surface area contributed by atoms with Gasteiger partial charge in [0.2, 0.25) is 0 Å². The molecule has 3 nitrogen and oxygen atoms in total. The molecule has 0 aliphatic carbocycles. The third-order valence-corrected chi connectivity index (χ3v) is 3.24. The molecule has 88 valence electrons. The summed E-state index contributed by atoms with van der Waals surface area (Å²) >= 11 is 3.41. The molecule has 1 amide bonds. The van der Waals surface area contributed by atoms with Crippen molar-refractivity contribution in [2.75, 3.05) is 0 Å². The van der Waals surface area contributed by atoms with Gasteiger partial charge in [-0.25, -0.2) is 0 Å². The first-order valence-electron chi connectivity index (χ1n) is 5.44. The quantitative estimate of drug-likeness (QED) is 0.843. The molecule has 0 heterocycles. The molecular formula is C12H18BrN2O+. The van der Waals surface area contributed by atoms with E-state index in [2.05, 4.69) is 35.0 Å². The van der Waals surface area contributed by atoms with E-state index in [-0.39, 0.29) is 18.0 Å². The Morgan fingerprint density at radius 2 is 2.00 bits per heavy atom. The molecule has 0 aromatic heterocycles. The lowest BCUT2D eigenvalue weighted by Gasteiger charge is -2.17. The molecule has 0 spiro atoms. The summed E-state index contributed by atoms with van der Waals surface area (Å²) < 4.78 is 1.06. The summed E-state index contributed by atoms with van der Waals surface area (Å²) in [5.41, 5.74) is 6.48. The Bertz CT molecular complexity index is 351. The van der Waals surface area contributed by atoms with Crippen LogP contribution in [-0.2, 0) is 4.79 Å². The fourth-order valence-electron chi connectivity index (χ4n) is 1.64. The van der Waals surface area contributed by atoms with Gasteiger partial charge in [0, 0.05) is 16.5 Å². The second-order valence-electron chi connectivity index (χ2n) is 3.95. The van der Waals surface area contributed by atoms with Gasteiger partial charge in [0.05, 0.1) is 0 Å². The summed E-state index contributed by atoms with van der Waals surface area (Å²) in [6, 6.07) is 8.27. The first-order valence-corrected chi connectivity index (χ1v) is 6.23. The van der Waals surface area contributed by atoms with E-state index < -0.39 is 0 Å². The number of carbonyl (C=O) groups excluding carboxylic acids is 1. The van der Waals surface area contributed by atoms with Crippen LogP contribution in [0.4, 0.5) is 0 Å². The Hall–Kier alpha value is -0.870. The third-order valence-electron chi connectivity index (χ3n) is 2.71. The lowest BCUT2D eigenvalue weighted by Crippen LogP contribution is -2.92. The Morgan fingerprint density at radius 1 is 1.44 bits per heavy atom. The predicted octanol–water partition coefficient (Wildman–Crippen LogP) is 1.34. The summed E-state index contributed by atoms with van der Waals surface area (Å²) in [5, 5.41) is 2.02. The molecule has 2 atom stereocenters. The van der Waals surface area contributed by atoms with E-state index in [1.54, 1.807) is 0 Å². The van der Waals surface area contributed by atoms with Crippen molar-refractivity contribution < 1.29 is 10.1 Å². The van der Waals surface area contributed by atoms with Gasteiger partial charge in [-0.2, -0.15) is 0 Å². The summed E-state index contributed by atoms with van der Waals surface area (Å²) in [6.07, 6.45) is 0.971. The second-order valence-corrected chi connectivity index (χ2v) is 4.87. The largest absolute Gasteiger partial charge is 0.365 e. The van der Waals surface area contributed by atoms with E-state index in [1.807, 2.05) is 24.4 Å². The fraction of sp³-hybridized carbons (Fsp3) is 0.417. The molecule has 4 heteroatoms. The van der Waals surface area contributed by atoms with Crippen LogP contribution >= 0.6 is 15.9 Å². The van der Waals surface area contributed by atoms with Gasteiger partial charge in [0.1, 0.15) is 6.04 Å². The van der Waals surface area contributed by atoms with Crippen molar-refractivity contribution in [3.8, 4) is 0 Å². The molecule has 0 radical (unpaired) electrons. The van der Waals surface area contributed by atoms with Crippen LogP contribution in [0.5, 0.6) is 0 Å². The van der Waals surface area contributed by atoms with E-state index in [9.17, 15) is 4.79 Å². The molecule has 1 rings (SSSR count). The average molecular weight is 286 g/mol. The molecule has 1 aromatic rings. The fourth-order valence-corrected chi connectivity index (χ4v) is 1.90. The first-order chi connectivity index (χ1) is 7.54. The highest BCUT2D eigenvalue weighted by Crippen LogP contribution is 2.16. The number of amides is 1. The van der Waals surface area contributed by atoms with Gasteiger partial charge in [0.15, 0.2) is 6.04 Å². The number of nitrogens with two attached hydrogens (primary N) is 2. The molecule has 0 saturated heterocycles. The Balaban J connectivity index is 2.74. The van der Waals surface area contributed by atoms with Crippen molar-refractivity contribution in [2.45, 2.75) is 32.4 Å². The maximum Gasteiger partial charge on any atom is 0.275 e. The summed E-state index contributed by atoms with van der Waals surface area (Å²) in [7, 11) is 0. The van der Waals surface area contributed by atoms with Crippen LogP contribution in [0, 0.1) is 0 Å². The zero-order valence-corrected chi connectivity index (χ0v) is 11.2. The number of primary amides is 1. The zero-order valence-electron chi connectivity index (χ0n) is 9.61. The molecule has 0 saturated carbocycles. The molecule has 16 heavy (non-hydrogen) atoms. The van der Waals surface area contributed by atoms with Gasteiger partial charge in [-0.1, -0.05) is 35.0 Å². The third kappa shape index (κ3) is 3.61. The van der Waals surface area contributed by atoms with Gasteiger partial charge in [-0.3, -0.25) is 4.79 Å². The first kappa shape index (κ1) is 13.2. The number of rotatable bonds is 5. The number of hydrogen-bond acceptors (Lipinski definition) is 1. The van der Waals surface area contributed by atoms with E-state index >= 15 is 0 Å². The Labute approximate surface area is 105 Å². The highest BCUT2D eigenvalue weighted by molar-refractivity contribution is 9.10. The number of halogens is 1. The average Bonchev–Trinajstić information content (AvgIpc) is 2.26. The maximum atomic E-state index is 11.0. The van der Waals surface area contributed by atoms with Crippen molar-refractivity contribution in [1.82, 2.24) is 0 Å². The molecule has 4 N–H and O–H groups in total. The lowest BCUT2D eigenvalue weighted by molar-refractivity contribution is -0.713. The van der Waals surface area contributed by atoms with Gasteiger partial charge in [-0.15, -0.1) is 0 Å². The Morgan fingerprint density at radius 3 is 2.44 bits per heavy atom. The minimum Gasteiger partial charge on any atom is -0.365 e. The topological polar surface area (TPSA) is 59.7 Å². The van der Waals surface area contributed by atoms with E-state index in [0.29, 0.717) is 0 Å². The van der Waals surface area contributed by atoms with Gasteiger partial charge in [0.25, 0.3) is 5.91 Å². The van der Waals surface area contributed by atoms with Gasteiger partial charge < -0.3 is 11.1 Å². The normalized spacial score (nSPS) is 14.4. The second kappa shape index (κ2) is 6.01. The van der Waals surface area contributed by atoms with Crippen LogP contribution < -0.4 is 11.1 Å². The SMILES string of the molecule is CC[C@@H]([NH2+][C@H](C)C(N)=O)c1ccc(Br)cc1. The lowest BCUT2D eigenvalue weighted by atomic mass is 10.0. The van der Waals surface area contributed by atoms with Crippen molar-refractivity contribution in [3.63, 3.8) is 0 Å². The maximum absolute atomic E-state index is 11.0. The van der Waals surface area contributed by atoms with Crippen molar-refractivity contribution in [3.05, 3.63) is 34.3 Å².